The van der Waals surface area contributed by atoms with Gasteiger partial charge < -0.3 is 10.2 Å². The summed E-state index contributed by atoms with van der Waals surface area (Å²) in [6, 6.07) is 7.87. The lowest BCUT2D eigenvalue weighted by atomic mass is 9.83. The number of hydrogen-bond donors (Lipinski definition) is 2. The maximum atomic E-state index is 11.4. The molecule has 1 aliphatic rings. The Morgan fingerprint density at radius 3 is 2.67 bits per heavy atom. The molecule has 0 radical (unpaired) electrons. The minimum absolute atomic E-state index is 0.0953. The van der Waals surface area contributed by atoms with Gasteiger partial charge in [-0.3, -0.25) is 4.79 Å². The number of carboxylic acids is 1. The van der Waals surface area contributed by atoms with Gasteiger partial charge in [0.2, 0.25) is 0 Å². The summed E-state index contributed by atoms with van der Waals surface area (Å²) in [5.74, 6) is -1.35. The Kier molecular flexibility index (Phi) is 4.02. The van der Waals surface area contributed by atoms with Gasteiger partial charge in [-0.05, 0) is 43.2 Å². The van der Waals surface area contributed by atoms with Gasteiger partial charge in [0.05, 0.1) is 12.0 Å². The molecule has 0 aliphatic heterocycles. The smallest absolute Gasteiger partial charge is 0.307 e. The van der Waals surface area contributed by atoms with Gasteiger partial charge in [0.15, 0.2) is 0 Å². The average molecular weight is 248 g/mol. The largest absolute Gasteiger partial charge is 0.481 e. The minimum Gasteiger partial charge on any atom is -0.481 e. The molecule has 0 aromatic heterocycles. The van der Waals surface area contributed by atoms with E-state index in [1.165, 1.54) is 0 Å². The summed E-state index contributed by atoms with van der Waals surface area (Å²) in [5.41, 5.74) is 2.19. The third-order valence-electron chi connectivity index (χ3n) is 4.07. The van der Waals surface area contributed by atoms with E-state index in [1.807, 2.05) is 31.2 Å². The second-order valence-corrected chi connectivity index (χ2v) is 5.24. The van der Waals surface area contributed by atoms with Gasteiger partial charge in [-0.15, -0.1) is 0 Å². The molecule has 1 fully saturated rings. The average Bonchev–Trinajstić information content (AvgIpc) is 2.74. The van der Waals surface area contributed by atoms with Crippen LogP contribution >= 0.6 is 0 Å². The second-order valence-electron chi connectivity index (χ2n) is 5.24. The Hall–Kier alpha value is -1.35. The number of hydrogen-bond acceptors (Lipinski definition) is 2. The molecule has 3 nitrogen and oxygen atoms in total. The number of rotatable bonds is 4. The topological polar surface area (TPSA) is 57.5 Å². The van der Waals surface area contributed by atoms with Crippen LogP contribution < -0.4 is 0 Å². The first-order chi connectivity index (χ1) is 8.59. The van der Waals surface area contributed by atoms with Crippen molar-refractivity contribution in [2.24, 2.45) is 11.8 Å². The molecule has 1 aliphatic carbocycles. The Balaban J connectivity index is 2.17. The highest BCUT2D eigenvalue weighted by Gasteiger charge is 2.36. The molecule has 3 unspecified atom stereocenters. The summed E-state index contributed by atoms with van der Waals surface area (Å²) in [7, 11) is 0. The molecule has 3 atom stereocenters. The Labute approximate surface area is 107 Å². The lowest BCUT2D eigenvalue weighted by Crippen LogP contribution is -2.31. The standard InChI is InChI=1S/C15H20O3/c1-10-5-2-3-6-11(10)9-13(15(17)18)12-7-4-8-14(12)16/h2-3,5-6,12-14,16H,4,7-9H2,1H3,(H,17,18). The highest BCUT2D eigenvalue weighted by molar-refractivity contribution is 5.71. The molecule has 3 heteroatoms. The van der Waals surface area contributed by atoms with E-state index >= 15 is 0 Å². The third kappa shape index (κ3) is 2.72. The summed E-state index contributed by atoms with van der Waals surface area (Å²) >= 11 is 0. The van der Waals surface area contributed by atoms with E-state index in [4.69, 9.17) is 0 Å². The van der Waals surface area contributed by atoms with Crippen molar-refractivity contribution in [3.63, 3.8) is 0 Å². The number of aliphatic carboxylic acids is 1. The number of aliphatic hydroxyl groups is 1. The van der Waals surface area contributed by atoms with Gasteiger partial charge in [0.1, 0.15) is 0 Å². The van der Waals surface area contributed by atoms with Crippen molar-refractivity contribution in [3.05, 3.63) is 35.4 Å². The van der Waals surface area contributed by atoms with Crippen molar-refractivity contribution in [2.45, 2.75) is 38.7 Å². The van der Waals surface area contributed by atoms with Crippen LogP contribution in [0.4, 0.5) is 0 Å². The molecule has 98 valence electrons. The van der Waals surface area contributed by atoms with Crippen LogP contribution in [0.25, 0.3) is 0 Å². The van der Waals surface area contributed by atoms with Crippen LogP contribution in [0.5, 0.6) is 0 Å². The summed E-state index contributed by atoms with van der Waals surface area (Å²) in [6.45, 7) is 2.00. The molecule has 1 saturated carbocycles. The number of carboxylic acid groups (broad SMARTS) is 1. The van der Waals surface area contributed by atoms with Crippen molar-refractivity contribution in [1.29, 1.82) is 0 Å². The molecular weight excluding hydrogens is 228 g/mol. The fourth-order valence-electron chi connectivity index (χ4n) is 2.94. The molecule has 0 amide bonds. The van der Waals surface area contributed by atoms with Crippen LogP contribution in [0.1, 0.15) is 30.4 Å². The van der Waals surface area contributed by atoms with E-state index in [0.717, 1.165) is 30.4 Å². The molecular formula is C15H20O3. The second kappa shape index (κ2) is 5.53. The quantitative estimate of drug-likeness (QED) is 0.860. The van der Waals surface area contributed by atoms with Crippen LogP contribution in [0, 0.1) is 18.8 Å². The van der Waals surface area contributed by atoms with Crippen LogP contribution in [0.15, 0.2) is 24.3 Å². The number of carbonyl (C=O) groups is 1. The maximum absolute atomic E-state index is 11.4. The Morgan fingerprint density at radius 1 is 1.39 bits per heavy atom. The summed E-state index contributed by atoms with van der Waals surface area (Å²) < 4.78 is 0. The SMILES string of the molecule is Cc1ccccc1CC(C(=O)O)C1CCCC1O. The Bertz CT molecular complexity index is 428. The summed E-state index contributed by atoms with van der Waals surface area (Å²) in [6.07, 6.45) is 2.56. The highest BCUT2D eigenvalue weighted by Crippen LogP contribution is 2.34. The van der Waals surface area contributed by atoms with E-state index in [9.17, 15) is 15.0 Å². The fourth-order valence-corrected chi connectivity index (χ4v) is 2.94. The third-order valence-corrected chi connectivity index (χ3v) is 4.07. The number of aryl methyl sites for hydroxylation is 1. The van der Waals surface area contributed by atoms with Crippen molar-refractivity contribution >= 4 is 5.97 Å². The highest BCUT2D eigenvalue weighted by atomic mass is 16.4. The molecule has 0 heterocycles. The molecule has 0 spiro atoms. The first-order valence-corrected chi connectivity index (χ1v) is 6.55. The molecule has 2 N–H and O–H groups in total. The van der Waals surface area contributed by atoms with Gasteiger partial charge in [-0.25, -0.2) is 0 Å². The van der Waals surface area contributed by atoms with Gasteiger partial charge in [-0.2, -0.15) is 0 Å². The number of aliphatic hydroxyl groups excluding tert-OH is 1. The maximum Gasteiger partial charge on any atom is 0.307 e. The number of benzene rings is 1. The predicted octanol–water partition coefficient (Wildman–Crippen LogP) is 2.40. The minimum atomic E-state index is -0.788. The molecule has 0 saturated heterocycles. The van der Waals surface area contributed by atoms with E-state index in [0.29, 0.717) is 6.42 Å². The summed E-state index contributed by atoms with van der Waals surface area (Å²) in [4.78, 5) is 11.4. The zero-order valence-corrected chi connectivity index (χ0v) is 10.7. The molecule has 1 aromatic carbocycles. The van der Waals surface area contributed by atoms with Crippen LogP contribution in [0.3, 0.4) is 0 Å². The Morgan fingerprint density at radius 2 is 2.11 bits per heavy atom. The molecule has 1 aromatic rings. The normalized spacial score (nSPS) is 25.0. The van der Waals surface area contributed by atoms with Crippen molar-refractivity contribution in [1.82, 2.24) is 0 Å². The van der Waals surface area contributed by atoms with E-state index < -0.39 is 18.0 Å². The van der Waals surface area contributed by atoms with Crippen molar-refractivity contribution in [3.8, 4) is 0 Å². The lowest BCUT2D eigenvalue weighted by Gasteiger charge is -2.23. The predicted molar refractivity (Wildman–Crippen MR) is 69.4 cm³/mol. The lowest BCUT2D eigenvalue weighted by molar-refractivity contribution is -0.145. The summed E-state index contributed by atoms with van der Waals surface area (Å²) in [5, 5.41) is 19.3. The van der Waals surface area contributed by atoms with E-state index in [2.05, 4.69) is 0 Å². The van der Waals surface area contributed by atoms with Crippen molar-refractivity contribution < 1.29 is 15.0 Å². The fraction of sp³-hybridized carbons (Fsp3) is 0.533. The van der Waals surface area contributed by atoms with Crippen molar-refractivity contribution in [2.75, 3.05) is 0 Å². The first kappa shape index (κ1) is 13.1. The van der Waals surface area contributed by atoms with Gasteiger partial charge in [0, 0.05) is 0 Å². The van der Waals surface area contributed by atoms with Crippen LogP contribution in [0.2, 0.25) is 0 Å². The van der Waals surface area contributed by atoms with Gasteiger partial charge in [-0.1, -0.05) is 30.7 Å². The van der Waals surface area contributed by atoms with Crippen LogP contribution in [-0.4, -0.2) is 22.3 Å². The monoisotopic (exact) mass is 248 g/mol. The van der Waals surface area contributed by atoms with Crippen LogP contribution in [-0.2, 0) is 11.2 Å². The zero-order chi connectivity index (χ0) is 13.1. The molecule has 0 bridgehead atoms. The first-order valence-electron chi connectivity index (χ1n) is 6.55. The zero-order valence-electron chi connectivity index (χ0n) is 10.7. The van der Waals surface area contributed by atoms with Gasteiger partial charge in [0.25, 0.3) is 0 Å². The molecule has 2 rings (SSSR count). The molecule has 18 heavy (non-hydrogen) atoms. The van der Waals surface area contributed by atoms with E-state index in [-0.39, 0.29) is 5.92 Å². The van der Waals surface area contributed by atoms with Gasteiger partial charge >= 0.3 is 5.97 Å². The van der Waals surface area contributed by atoms with E-state index in [1.54, 1.807) is 0 Å².